The summed E-state index contributed by atoms with van der Waals surface area (Å²) >= 11 is 7.46. The fraction of sp³-hybridized carbons (Fsp3) is 0.188. The van der Waals surface area contributed by atoms with Crippen LogP contribution in [0, 0.1) is 17.0 Å². The van der Waals surface area contributed by atoms with Crippen LogP contribution in [0.5, 0.6) is 0 Å². The number of anilines is 1. The molecule has 0 aromatic heterocycles. The van der Waals surface area contributed by atoms with Crippen molar-refractivity contribution in [2.45, 2.75) is 12.7 Å². The second-order valence-corrected chi connectivity index (χ2v) is 6.27. The first kappa shape index (κ1) is 17.3. The third-order valence-corrected chi connectivity index (χ3v) is 4.60. The molecule has 0 radical (unpaired) electrons. The predicted molar refractivity (Wildman–Crippen MR) is 94.1 cm³/mol. The highest BCUT2D eigenvalue weighted by atomic mass is 35.5. The normalized spacial score (nSPS) is 10.3. The van der Waals surface area contributed by atoms with Gasteiger partial charge in [0, 0.05) is 28.6 Å². The summed E-state index contributed by atoms with van der Waals surface area (Å²) < 4.78 is 0. The Morgan fingerprint density at radius 2 is 1.96 bits per heavy atom. The van der Waals surface area contributed by atoms with Crippen molar-refractivity contribution in [2.75, 3.05) is 11.1 Å². The van der Waals surface area contributed by atoms with E-state index in [1.807, 2.05) is 6.92 Å². The van der Waals surface area contributed by atoms with Gasteiger partial charge in [-0.15, -0.1) is 11.8 Å². The molecule has 1 N–H and O–H groups in total. The molecule has 0 aliphatic carbocycles. The van der Waals surface area contributed by atoms with Crippen LogP contribution in [-0.4, -0.2) is 16.6 Å². The summed E-state index contributed by atoms with van der Waals surface area (Å²) in [4.78, 5) is 22.1. The molecule has 0 spiro atoms. The average Bonchev–Trinajstić information content (AvgIpc) is 2.52. The molecule has 0 saturated carbocycles. The van der Waals surface area contributed by atoms with Crippen LogP contribution in [0.1, 0.15) is 11.1 Å². The van der Waals surface area contributed by atoms with Crippen molar-refractivity contribution in [3.63, 3.8) is 0 Å². The topological polar surface area (TPSA) is 72.2 Å². The van der Waals surface area contributed by atoms with Crippen LogP contribution in [-0.2, 0) is 10.5 Å². The molecule has 0 fully saturated rings. The Labute approximate surface area is 143 Å². The molecule has 120 valence electrons. The number of amides is 1. The number of thioether (sulfide) groups is 1. The van der Waals surface area contributed by atoms with E-state index in [-0.39, 0.29) is 11.6 Å². The van der Waals surface area contributed by atoms with Gasteiger partial charge in [0.05, 0.1) is 10.7 Å². The minimum atomic E-state index is -0.433. The van der Waals surface area contributed by atoms with Gasteiger partial charge in [0.2, 0.25) is 5.91 Å². The highest BCUT2D eigenvalue weighted by Gasteiger charge is 2.08. The average molecular weight is 351 g/mol. The number of hydrogen-bond donors (Lipinski definition) is 1. The molecular weight excluding hydrogens is 336 g/mol. The molecule has 1 amide bonds. The van der Waals surface area contributed by atoms with Gasteiger partial charge in [-0.05, 0) is 30.2 Å². The Morgan fingerprint density at radius 3 is 2.61 bits per heavy atom. The third-order valence-electron chi connectivity index (χ3n) is 3.19. The number of rotatable bonds is 6. The van der Waals surface area contributed by atoms with Gasteiger partial charge in [-0.2, -0.15) is 0 Å². The van der Waals surface area contributed by atoms with E-state index in [1.165, 1.54) is 23.9 Å². The van der Waals surface area contributed by atoms with Crippen LogP contribution >= 0.6 is 23.4 Å². The van der Waals surface area contributed by atoms with E-state index in [1.54, 1.807) is 30.3 Å². The molecule has 23 heavy (non-hydrogen) atoms. The molecule has 0 aliphatic rings. The van der Waals surface area contributed by atoms with Crippen LogP contribution in [0.3, 0.4) is 0 Å². The number of carbonyl (C=O) groups is 1. The van der Waals surface area contributed by atoms with Crippen LogP contribution in [0.15, 0.2) is 42.5 Å². The summed E-state index contributed by atoms with van der Waals surface area (Å²) in [5.41, 5.74) is 2.54. The molecule has 0 aliphatic heterocycles. The molecular formula is C16H15ClN2O3S. The van der Waals surface area contributed by atoms with Gasteiger partial charge in [0.1, 0.15) is 0 Å². The molecule has 0 bridgehead atoms. The molecule has 0 heterocycles. The summed E-state index contributed by atoms with van der Waals surface area (Å²) in [6.07, 6.45) is 0. The lowest BCUT2D eigenvalue weighted by Gasteiger charge is -2.09. The number of hydrogen-bond acceptors (Lipinski definition) is 4. The fourth-order valence-corrected chi connectivity index (χ4v) is 2.87. The van der Waals surface area contributed by atoms with Gasteiger partial charge < -0.3 is 5.32 Å². The Hall–Kier alpha value is -2.05. The first-order valence-corrected chi connectivity index (χ1v) is 8.36. The van der Waals surface area contributed by atoms with Crippen molar-refractivity contribution >= 4 is 40.6 Å². The van der Waals surface area contributed by atoms with Crippen molar-refractivity contribution in [1.29, 1.82) is 0 Å². The number of non-ortho nitro benzene ring substituents is 1. The number of nitro groups is 1. The first-order valence-electron chi connectivity index (χ1n) is 6.83. The lowest BCUT2D eigenvalue weighted by molar-refractivity contribution is -0.384. The fourth-order valence-electron chi connectivity index (χ4n) is 1.90. The second kappa shape index (κ2) is 7.99. The van der Waals surface area contributed by atoms with E-state index in [9.17, 15) is 14.9 Å². The number of nitrogens with zero attached hydrogens (tertiary/aromatic N) is 1. The maximum atomic E-state index is 11.9. The maximum absolute atomic E-state index is 11.9. The largest absolute Gasteiger partial charge is 0.325 e. The van der Waals surface area contributed by atoms with Gasteiger partial charge in [-0.1, -0.05) is 29.8 Å². The Kier molecular flexibility index (Phi) is 6.01. The van der Waals surface area contributed by atoms with Crippen LogP contribution in [0.25, 0.3) is 0 Å². The van der Waals surface area contributed by atoms with E-state index in [2.05, 4.69) is 5.32 Å². The summed E-state index contributed by atoms with van der Waals surface area (Å²) in [7, 11) is 0. The lowest BCUT2D eigenvalue weighted by Crippen LogP contribution is -2.15. The van der Waals surface area contributed by atoms with E-state index >= 15 is 0 Å². The summed E-state index contributed by atoms with van der Waals surface area (Å²) in [5.74, 6) is 0.797. The second-order valence-electron chi connectivity index (χ2n) is 4.88. The van der Waals surface area contributed by atoms with Crippen LogP contribution in [0.2, 0.25) is 5.02 Å². The Morgan fingerprint density at radius 1 is 1.26 bits per heavy atom. The number of carbonyl (C=O) groups excluding carboxylic acids is 1. The number of nitrogens with one attached hydrogen (secondary N) is 1. The molecule has 0 saturated heterocycles. The third kappa shape index (κ3) is 4.97. The van der Waals surface area contributed by atoms with E-state index in [4.69, 9.17) is 11.6 Å². The quantitative estimate of drug-likeness (QED) is 0.618. The standard InChI is InChI=1S/C16H15ClN2O3S/c1-11-14(17)3-2-4-15(11)18-16(20)10-23-9-12-5-7-13(8-6-12)19(21)22/h2-8H,9-10H2,1H3,(H,18,20). The van der Waals surface area contributed by atoms with Crippen molar-refractivity contribution in [1.82, 2.24) is 0 Å². The van der Waals surface area contributed by atoms with Gasteiger partial charge in [0.25, 0.3) is 5.69 Å². The summed E-state index contributed by atoms with van der Waals surface area (Å²) in [5, 5.41) is 14.0. The van der Waals surface area contributed by atoms with Gasteiger partial charge in [-0.3, -0.25) is 14.9 Å². The van der Waals surface area contributed by atoms with E-state index in [0.717, 1.165) is 11.1 Å². The lowest BCUT2D eigenvalue weighted by atomic mass is 10.2. The first-order chi connectivity index (χ1) is 11.0. The SMILES string of the molecule is Cc1c(Cl)cccc1NC(=O)CSCc1ccc([N+](=O)[O-])cc1. The zero-order valence-corrected chi connectivity index (χ0v) is 14.0. The molecule has 2 aromatic carbocycles. The highest BCUT2D eigenvalue weighted by molar-refractivity contribution is 7.99. The number of benzene rings is 2. The Balaban J connectivity index is 1.83. The minimum absolute atomic E-state index is 0.0629. The van der Waals surface area contributed by atoms with Gasteiger partial charge in [0.15, 0.2) is 0 Å². The monoisotopic (exact) mass is 350 g/mol. The predicted octanol–water partition coefficient (Wildman–Crippen LogP) is 4.43. The molecule has 7 heteroatoms. The maximum Gasteiger partial charge on any atom is 0.269 e. The van der Waals surface area contributed by atoms with Crippen molar-refractivity contribution in [2.24, 2.45) is 0 Å². The smallest absolute Gasteiger partial charge is 0.269 e. The highest BCUT2D eigenvalue weighted by Crippen LogP contribution is 2.23. The van der Waals surface area contributed by atoms with Crippen LogP contribution in [0.4, 0.5) is 11.4 Å². The van der Waals surface area contributed by atoms with Gasteiger partial charge in [-0.25, -0.2) is 0 Å². The van der Waals surface area contributed by atoms with Crippen molar-refractivity contribution in [3.8, 4) is 0 Å². The zero-order chi connectivity index (χ0) is 16.8. The number of nitro benzene ring substituents is 1. The summed E-state index contributed by atoms with van der Waals surface area (Å²) in [6.45, 7) is 1.85. The molecule has 0 unspecified atom stereocenters. The van der Waals surface area contributed by atoms with Crippen molar-refractivity contribution in [3.05, 3.63) is 68.7 Å². The van der Waals surface area contributed by atoms with E-state index < -0.39 is 4.92 Å². The van der Waals surface area contributed by atoms with Crippen LogP contribution < -0.4 is 5.32 Å². The van der Waals surface area contributed by atoms with Crippen molar-refractivity contribution < 1.29 is 9.72 Å². The summed E-state index contributed by atoms with van der Waals surface area (Å²) in [6, 6.07) is 11.7. The Bertz CT molecular complexity index is 720. The molecule has 2 rings (SSSR count). The molecule has 2 aromatic rings. The number of halogens is 1. The molecule has 0 atom stereocenters. The molecule has 5 nitrogen and oxygen atoms in total. The zero-order valence-electron chi connectivity index (χ0n) is 12.4. The van der Waals surface area contributed by atoms with Gasteiger partial charge >= 0.3 is 0 Å². The minimum Gasteiger partial charge on any atom is -0.325 e. The van der Waals surface area contributed by atoms with E-state index in [0.29, 0.717) is 22.2 Å².